The molecule has 8 aromatic carbocycles. The van der Waals surface area contributed by atoms with Crippen LogP contribution in [0.4, 0.5) is 0 Å². The zero-order chi connectivity index (χ0) is 31.9. The van der Waals surface area contributed by atoms with E-state index >= 15 is 0 Å². The van der Waals surface area contributed by atoms with E-state index in [1.165, 1.54) is 32.3 Å². The van der Waals surface area contributed by atoms with Gasteiger partial charge in [0.1, 0.15) is 22.3 Å². The molecule has 224 valence electrons. The van der Waals surface area contributed by atoms with Crippen LogP contribution in [0.15, 0.2) is 164 Å². The van der Waals surface area contributed by atoms with Gasteiger partial charge in [-0.2, -0.15) is 0 Å². The molecule has 0 bridgehead atoms. The topological polar surface area (TPSA) is 60.4 Å². The molecular weight excluding hydrogens is 592 g/mol. The molecule has 0 saturated carbocycles. The van der Waals surface area contributed by atoms with E-state index in [1.807, 2.05) is 66.7 Å². The van der Waals surface area contributed by atoms with Crippen molar-refractivity contribution in [3.05, 3.63) is 166 Å². The Labute approximate surface area is 272 Å². The molecule has 4 heteroatoms. The fourth-order valence-corrected chi connectivity index (χ4v) is 7.29. The lowest BCUT2D eigenvalue weighted by Crippen LogP contribution is -2.03. The van der Waals surface area contributed by atoms with E-state index in [0.717, 1.165) is 22.3 Å². The first-order valence-electron chi connectivity index (χ1n) is 15.9. The fraction of sp³-hybridized carbons (Fsp3) is 0. The molecule has 10 rings (SSSR count). The van der Waals surface area contributed by atoms with Crippen molar-refractivity contribution in [2.24, 2.45) is 0 Å². The summed E-state index contributed by atoms with van der Waals surface area (Å²) in [6.07, 6.45) is 0. The van der Waals surface area contributed by atoms with Gasteiger partial charge in [-0.25, -0.2) is 0 Å². The summed E-state index contributed by atoms with van der Waals surface area (Å²) in [7, 11) is 0. The predicted octanol–water partition coefficient (Wildman–Crippen LogP) is 11.0. The van der Waals surface area contributed by atoms with Gasteiger partial charge in [0, 0.05) is 0 Å². The third-order valence-electron chi connectivity index (χ3n) is 9.65. The average Bonchev–Trinajstić information content (AvgIpc) is 3.15. The van der Waals surface area contributed by atoms with Crippen molar-refractivity contribution in [1.29, 1.82) is 0 Å². The number of rotatable bonds is 2. The lowest BCUT2D eigenvalue weighted by atomic mass is 9.92. The summed E-state index contributed by atoms with van der Waals surface area (Å²) in [6.45, 7) is 0. The molecule has 0 spiro atoms. The maximum Gasteiger partial charge on any atom is 0.200 e. The van der Waals surface area contributed by atoms with E-state index in [-0.39, 0.29) is 10.9 Å². The van der Waals surface area contributed by atoms with E-state index in [0.29, 0.717) is 43.9 Å². The van der Waals surface area contributed by atoms with E-state index in [1.54, 1.807) is 12.1 Å². The number of hydrogen-bond acceptors (Lipinski definition) is 4. The lowest BCUT2D eigenvalue weighted by Gasteiger charge is -2.12. The molecule has 0 saturated heterocycles. The van der Waals surface area contributed by atoms with Crippen LogP contribution >= 0.6 is 0 Å². The molecule has 0 atom stereocenters. The molecule has 2 heterocycles. The summed E-state index contributed by atoms with van der Waals surface area (Å²) in [5, 5.41) is 9.30. The van der Waals surface area contributed by atoms with E-state index in [2.05, 4.69) is 66.7 Å². The van der Waals surface area contributed by atoms with Crippen LogP contribution < -0.4 is 10.9 Å². The van der Waals surface area contributed by atoms with Gasteiger partial charge in [0.2, 0.25) is 10.9 Å². The van der Waals surface area contributed by atoms with E-state index in [9.17, 15) is 9.59 Å². The second-order valence-corrected chi connectivity index (χ2v) is 12.3. The quantitative estimate of drug-likeness (QED) is 0.143. The second kappa shape index (κ2) is 9.99. The van der Waals surface area contributed by atoms with Crippen LogP contribution in [-0.4, -0.2) is 0 Å². The molecule has 2 aromatic heterocycles. The third-order valence-corrected chi connectivity index (χ3v) is 9.65. The van der Waals surface area contributed by atoms with Gasteiger partial charge in [0.15, 0.2) is 0 Å². The molecule has 0 aliphatic carbocycles. The van der Waals surface area contributed by atoms with Gasteiger partial charge in [0.05, 0.1) is 21.5 Å². The number of hydrogen-bond donors (Lipinski definition) is 0. The normalized spacial score (nSPS) is 11.9. The molecule has 0 aliphatic rings. The van der Waals surface area contributed by atoms with Gasteiger partial charge in [-0.05, 0) is 109 Å². The minimum Gasteiger partial charge on any atom is -0.456 e. The molecule has 0 aliphatic heterocycles. The van der Waals surface area contributed by atoms with Crippen molar-refractivity contribution < 1.29 is 8.83 Å². The maximum atomic E-state index is 14.1. The standard InChI is InChI=1S/C44H24O4/c45-43-34-11-5-6-12-39(34)47-40-18-15-27(22-36(40)43)28-16-20-42-38(24-28)44(46)37-23-26(14-19-41(37)48-42)25-13-17-33-31-9-2-1-7-29(31)30-8-3-4-10-32(30)35(33)21-25/h1-24H. The Morgan fingerprint density at radius 1 is 0.271 bits per heavy atom. The van der Waals surface area contributed by atoms with Crippen molar-refractivity contribution in [3.8, 4) is 22.3 Å². The zero-order valence-corrected chi connectivity index (χ0v) is 25.5. The molecule has 0 fully saturated rings. The Morgan fingerprint density at radius 3 is 1.06 bits per heavy atom. The molecule has 48 heavy (non-hydrogen) atoms. The smallest absolute Gasteiger partial charge is 0.200 e. The minimum absolute atomic E-state index is 0.0811. The van der Waals surface area contributed by atoms with Crippen molar-refractivity contribution in [3.63, 3.8) is 0 Å². The highest BCUT2D eigenvalue weighted by Gasteiger charge is 2.14. The first-order chi connectivity index (χ1) is 23.6. The molecule has 0 radical (unpaired) electrons. The maximum absolute atomic E-state index is 14.1. The van der Waals surface area contributed by atoms with E-state index < -0.39 is 0 Å². The third kappa shape index (κ3) is 3.90. The number of para-hydroxylation sites is 1. The zero-order valence-electron chi connectivity index (χ0n) is 25.5. The first-order valence-corrected chi connectivity index (χ1v) is 15.9. The summed E-state index contributed by atoms with van der Waals surface area (Å²) >= 11 is 0. The molecule has 0 N–H and O–H groups in total. The van der Waals surface area contributed by atoms with Gasteiger partial charge >= 0.3 is 0 Å². The summed E-state index contributed by atoms with van der Waals surface area (Å²) in [5.41, 5.74) is 5.55. The monoisotopic (exact) mass is 616 g/mol. The Balaban J connectivity index is 1.13. The SMILES string of the molecule is O=c1c2ccccc2oc2ccc(-c3ccc4oc5ccc(-c6ccc7c8ccccc8c8ccccc8c7c6)cc5c(=O)c4c3)cc12. The van der Waals surface area contributed by atoms with Gasteiger partial charge in [0.25, 0.3) is 0 Å². The minimum atomic E-state index is -0.0986. The van der Waals surface area contributed by atoms with E-state index in [4.69, 9.17) is 8.83 Å². The highest BCUT2D eigenvalue weighted by molar-refractivity contribution is 6.25. The Morgan fingerprint density at radius 2 is 0.583 bits per heavy atom. The lowest BCUT2D eigenvalue weighted by molar-refractivity contribution is 0.659. The highest BCUT2D eigenvalue weighted by atomic mass is 16.3. The largest absolute Gasteiger partial charge is 0.456 e. The van der Waals surface area contributed by atoms with Gasteiger partial charge in [-0.3, -0.25) is 9.59 Å². The summed E-state index contributed by atoms with van der Waals surface area (Å²) in [5.74, 6) is 0. The Bertz CT molecular complexity index is 3080. The second-order valence-electron chi connectivity index (χ2n) is 12.3. The average molecular weight is 617 g/mol. The molecule has 10 aromatic rings. The highest BCUT2D eigenvalue weighted by Crippen LogP contribution is 2.37. The number of benzene rings is 8. The number of fused-ring (bicyclic) bond motifs is 10. The Hall–Kier alpha value is -6.52. The Kier molecular flexibility index (Phi) is 5.55. The summed E-state index contributed by atoms with van der Waals surface area (Å²) in [4.78, 5) is 27.4. The summed E-state index contributed by atoms with van der Waals surface area (Å²) in [6, 6.07) is 47.8. The van der Waals surface area contributed by atoms with Gasteiger partial charge in [-0.1, -0.05) is 91.0 Å². The van der Waals surface area contributed by atoms with Crippen molar-refractivity contribution in [1.82, 2.24) is 0 Å². The summed E-state index contributed by atoms with van der Waals surface area (Å²) < 4.78 is 12.3. The van der Waals surface area contributed by atoms with Gasteiger partial charge < -0.3 is 8.83 Å². The molecule has 0 unspecified atom stereocenters. The van der Waals surface area contributed by atoms with Crippen LogP contribution in [0.25, 0.3) is 98.4 Å². The fourth-order valence-electron chi connectivity index (χ4n) is 7.29. The van der Waals surface area contributed by atoms with Crippen LogP contribution in [0.2, 0.25) is 0 Å². The first kappa shape index (κ1) is 26.7. The van der Waals surface area contributed by atoms with Gasteiger partial charge in [-0.15, -0.1) is 0 Å². The molecular formula is C44H24O4. The molecule has 4 nitrogen and oxygen atoms in total. The van der Waals surface area contributed by atoms with Crippen LogP contribution in [-0.2, 0) is 0 Å². The van der Waals surface area contributed by atoms with Crippen LogP contribution in [0, 0.1) is 0 Å². The van der Waals surface area contributed by atoms with Crippen LogP contribution in [0.5, 0.6) is 0 Å². The predicted molar refractivity (Wildman–Crippen MR) is 197 cm³/mol. The van der Waals surface area contributed by atoms with Crippen molar-refractivity contribution in [2.45, 2.75) is 0 Å². The van der Waals surface area contributed by atoms with Crippen molar-refractivity contribution in [2.75, 3.05) is 0 Å². The van der Waals surface area contributed by atoms with Crippen LogP contribution in [0.3, 0.4) is 0 Å². The molecule has 0 amide bonds. The van der Waals surface area contributed by atoms with Crippen molar-refractivity contribution >= 4 is 76.2 Å². The van der Waals surface area contributed by atoms with Crippen LogP contribution in [0.1, 0.15) is 0 Å².